The van der Waals surface area contributed by atoms with Crippen molar-refractivity contribution >= 4 is 15.5 Å². The van der Waals surface area contributed by atoms with Gasteiger partial charge in [0, 0.05) is 52.3 Å². The molecule has 1 fully saturated rings. The molecule has 11 heteroatoms. The molecular weight excluding hydrogens is 873 g/mol. The number of hydrogen-bond donors (Lipinski definition) is 0. The lowest BCUT2D eigenvalue weighted by Gasteiger charge is -2.41. The van der Waals surface area contributed by atoms with Gasteiger partial charge in [-0.05, 0) is 116 Å². The number of likely N-dealkylation sites (tertiary alicyclic amines) is 1. The van der Waals surface area contributed by atoms with Crippen molar-refractivity contribution in [3.8, 4) is 17.2 Å². The average Bonchev–Trinajstić information content (AvgIpc) is 3.37. The van der Waals surface area contributed by atoms with Crippen LogP contribution in [0, 0.1) is 6.92 Å². The first kappa shape index (κ1) is 48.8. The second-order valence-corrected chi connectivity index (χ2v) is 19.9. The lowest BCUT2D eigenvalue weighted by atomic mass is 9.85. The number of piperidine rings is 1. The topological polar surface area (TPSA) is 96.0 Å². The van der Waals surface area contributed by atoms with Gasteiger partial charge < -0.3 is 33.3 Å². The van der Waals surface area contributed by atoms with E-state index in [1.165, 1.54) is 0 Å². The molecule has 8 rings (SSSR count). The second kappa shape index (κ2) is 23.6. The average molecular weight is 939 g/mol. The Labute approximate surface area is 403 Å². The molecule has 4 atom stereocenters. The number of ether oxygens (including phenoxy) is 6. The van der Waals surface area contributed by atoms with Crippen LogP contribution in [0.15, 0.2) is 157 Å². The molecule has 0 spiro atoms. The molecule has 2 heterocycles. The van der Waals surface area contributed by atoms with Gasteiger partial charge in [-0.15, -0.1) is 0 Å². The Morgan fingerprint density at radius 1 is 0.735 bits per heavy atom. The lowest BCUT2D eigenvalue weighted by molar-refractivity contribution is -0.0498. The molecule has 1 saturated heterocycles. The van der Waals surface area contributed by atoms with Gasteiger partial charge in [-0.25, -0.2) is 8.42 Å². The molecule has 0 aliphatic carbocycles. The van der Waals surface area contributed by atoms with E-state index in [4.69, 9.17) is 28.4 Å². The van der Waals surface area contributed by atoms with Gasteiger partial charge in [-0.1, -0.05) is 109 Å². The van der Waals surface area contributed by atoms with E-state index < -0.39 is 15.4 Å². The summed E-state index contributed by atoms with van der Waals surface area (Å²) in [6.45, 7) is 8.69. The minimum Gasteiger partial charge on any atom is -0.494 e. The fourth-order valence-corrected chi connectivity index (χ4v) is 10.9. The van der Waals surface area contributed by atoms with Crippen molar-refractivity contribution in [2.45, 2.75) is 80.6 Å². The summed E-state index contributed by atoms with van der Waals surface area (Å²) in [6.07, 6.45) is 3.16. The van der Waals surface area contributed by atoms with Gasteiger partial charge in [0.25, 0.3) is 5.56 Å². The van der Waals surface area contributed by atoms with Crippen LogP contribution in [0.2, 0.25) is 0 Å². The second-order valence-electron chi connectivity index (χ2n) is 17.9. The van der Waals surface area contributed by atoms with Crippen LogP contribution in [0.25, 0.3) is 0 Å². The summed E-state index contributed by atoms with van der Waals surface area (Å²) >= 11 is 0. The smallest absolute Gasteiger partial charge is 0.259 e. The van der Waals surface area contributed by atoms with E-state index in [0.717, 1.165) is 82.9 Å². The quantitative estimate of drug-likeness (QED) is 0.0484. The lowest BCUT2D eigenvalue weighted by Crippen LogP contribution is -2.53. The third-order valence-electron chi connectivity index (χ3n) is 13.2. The first-order valence-electron chi connectivity index (χ1n) is 24.0. The summed E-state index contributed by atoms with van der Waals surface area (Å²) in [4.78, 5) is 4.50. The maximum absolute atomic E-state index is 15.1. The Morgan fingerprint density at radius 3 is 2.16 bits per heavy atom. The van der Waals surface area contributed by atoms with E-state index in [1.54, 1.807) is 26.4 Å². The molecule has 6 aromatic carbocycles. The molecule has 0 N–H and O–H groups in total. The van der Waals surface area contributed by atoms with Crippen molar-refractivity contribution in [1.82, 2.24) is 4.90 Å². The molecule has 6 aromatic rings. The van der Waals surface area contributed by atoms with Crippen LogP contribution < -0.4 is 19.1 Å². The Balaban J connectivity index is 1.10. The van der Waals surface area contributed by atoms with Crippen molar-refractivity contribution < 1.29 is 36.8 Å². The van der Waals surface area contributed by atoms with Gasteiger partial charge in [-0.3, -0.25) is 4.90 Å². The van der Waals surface area contributed by atoms with Crippen LogP contribution in [0.3, 0.4) is 0 Å². The standard InChI is InChI=1S/C57H66N2O8S/c1-42-21-28-51(29-22-42)68(60,61)57(67-50-20-11-19-48(39-50)56(46-15-7-5-8-16-46)47-17-9-6-10-18-47)59-33-31-52(45-24-26-49(27-25-45)64-36-12-14-43(2)63-4)55(40-59)66-41-44-23-30-54-53(38-44)58(34-37-65-54)32-13-35-62-3/h5-11,15-30,38-39,43,52,55-57H,12-14,31-37,40-41H2,1-4H3/t43-,52-,55+,57?/m1/s1. The molecule has 68 heavy (non-hydrogen) atoms. The number of rotatable bonds is 22. The molecule has 0 amide bonds. The van der Waals surface area contributed by atoms with Crippen molar-refractivity contribution in [2.24, 2.45) is 0 Å². The summed E-state index contributed by atoms with van der Waals surface area (Å²) in [5, 5.41) is 0. The number of fused-ring (bicyclic) bond motifs is 1. The van der Waals surface area contributed by atoms with Crippen molar-refractivity contribution in [3.05, 3.63) is 185 Å². The first-order chi connectivity index (χ1) is 33.2. The number of nitrogens with zero attached hydrogens (tertiary/aromatic N) is 2. The van der Waals surface area contributed by atoms with Crippen LogP contribution in [-0.4, -0.2) is 91.3 Å². The predicted octanol–water partition coefficient (Wildman–Crippen LogP) is 10.8. The highest BCUT2D eigenvalue weighted by Gasteiger charge is 2.41. The van der Waals surface area contributed by atoms with Gasteiger partial charge in [0.05, 0.1) is 42.5 Å². The van der Waals surface area contributed by atoms with Crippen LogP contribution >= 0.6 is 0 Å². The first-order valence-corrected chi connectivity index (χ1v) is 25.5. The molecule has 1 unspecified atom stereocenters. The van der Waals surface area contributed by atoms with Gasteiger partial charge in [-0.2, -0.15) is 0 Å². The SMILES string of the molecule is COCCCN1CCOc2ccc(CO[C@H]3CN(C(Oc4cccc(C(c5ccccc5)c5ccccc5)c4)S(=O)(=O)c4ccc(C)cc4)CC[C@@H]3c3ccc(OCCC[C@@H](C)OC)cc3)cc21. The van der Waals surface area contributed by atoms with Crippen LogP contribution in [0.4, 0.5) is 5.69 Å². The maximum atomic E-state index is 15.1. The molecule has 0 saturated carbocycles. The van der Waals surface area contributed by atoms with Gasteiger partial charge in [0.1, 0.15) is 23.9 Å². The monoisotopic (exact) mass is 938 g/mol. The largest absolute Gasteiger partial charge is 0.494 e. The Bertz CT molecular complexity index is 2560. The van der Waals surface area contributed by atoms with E-state index in [-0.39, 0.29) is 28.9 Å². The number of methoxy groups -OCH3 is 2. The van der Waals surface area contributed by atoms with E-state index in [2.05, 4.69) is 66.4 Å². The molecule has 2 aliphatic heterocycles. The third-order valence-corrected chi connectivity index (χ3v) is 15.0. The van der Waals surface area contributed by atoms with E-state index in [1.807, 2.05) is 96.8 Å². The Hall–Kier alpha value is -5.69. The summed E-state index contributed by atoms with van der Waals surface area (Å²) < 4.78 is 66.9. The van der Waals surface area contributed by atoms with Crippen molar-refractivity contribution in [3.63, 3.8) is 0 Å². The minimum atomic E-state index is -4.08. The highest BCUT2D eigenvalue weighted by Crippen LogP contribution is 2.38. The van der Waals surface area contributed by atoms with Gasteiger partial charge in [0.2, 0.25) is 9.84 Å². The summed E-state index contributed by atoms with van der Waals surface area (Å²) in [7, 11) is -0.618. The molecular formula is C57H66N2O8S. The highest BCUT2D eigenvalue weighted by atomic mass is 32.2. The Morgan fingerprint density at radius 2 is 1.46 bits per heavy atom. The maximum Gasteiger partial charge on any atom is 0.259 e. The fraction of sp³-hybridized carbons (Fsp3) is 0.368. The van der Waals surface area contributed by atoms with Gasteiger partial charge >= 0.3 is 0 Å². The summed E-state index contributed by atoms with van der Waals surface area (Å²) in [5.74, 6) is 2.02. The molecule has 2 aliphatic rings. The van der Waals surface area contributed by atoms with E-state index in [0.29, 0.717) is 51.7 Å². The number of benzene rings is 6. The minimum absolute atomic E-state index is 0.0297. The van der Waals surface area contributed by atoms with E-state index >= 15 is 8.42 Å². The van der Waals surface area contributed by atoms with Crippen molar-refractivity contribution in [1.29, 1.82) is 0 Å². The van der Waals surface area contributed by atoms with Gasteiger partial charge in [0.15, 0.2) is 0 Å². The molecule has 10 nitrogen and oxygen atoms in total. The fourth-order valence-electron chi connectivity index (χ4n) is 9.35. The van der Waals surface area contributed by atoms with Crippen LogP contribution in [-0.2, 0) is 30.7 Å². The molecule has 358 valence electrons. The number of anilines is 1. The zero-order valence-corrected chi connectivity index (χ0v) is 40.7. The molecule has 0 radical (unpaired) electrons. The molecule has 0 bridgehead atoms. The third kappa shape index (κ3) is 12.3. The Kier molecular flexibility index (Phi) is 16.9. The highest BCUT2D eigenvalue weighted by molar-refractivity contribution is 7.91. The van der Waals surface area contributed by atoms with E-state index in [9.17, 15) is 0 Å². The summed E-state index contributed by atoms with van der Waals surface area (Å²) in [6, 6.07) is 50.2. The predicted molar refractivity (Wildman–Crippen MR) is 269 cm³/mol. The number of aryl methyl sites for hydroxylation is 1. The van der Waals surface area contributed by atoms with Crippen molar-refractivity contribution in [2.75, 3.05) is 65.1 Å². The zero-order chi connectivity index (χ0) is 47.3. The zero-order valence-electron chi connectivity index (χ0n) is 39.9. The van der Waals surface area contributed by atoms with Crippen LogP contribution in [0.1, 0.15) is 77.8 Å². The number of hydrogen-bond acceptors (Lipinski definition) is 10. The van der Waals surface area contributed by atoms with Crippen LogP contribution in [0.5, 0.6) is 17.2 Å². The molecule has 0 aromatic heterocycles. The number of sulfone groups is 1. The normalized spacial score (nSPS) is 17.3. The summed E-state index contributed by atoms with van der Waals surface area (Å²) in [5.41, 5.74) is 6.05.